The second-order valence-corrected chi connectivity index (χ2v) is 5.16. The van der Waals surface area contributed by atoms with E-state index in [-0.39, 0.29) is 0 Å². The second-order valence-electron chi connectivity index (χ2n) is 4.41. The summed E-state index contributed by atoms with van der Waals surface area (Å²) in [6.07, 6.45) is 2.23. The quantitative estimate of drug-likeness (QED) is 0.837. The Morgan fingerprint density at radius 3 is 3.18 bits per heavy atom. The van der Waals surface area contributed by atoms with Crippen LogP contribution in [0.1, 0.15) is 25.5 Å². The average molecular weight is 256 g/mol. The van der Waals surface area contributed by atoms with Crippen LogP contribution in [0.4, 0.5) is 5.00 Å². The lowest BCUT2D eigenvalue weighted by Gasteiger charge is -2.21. The van der Waals surface area contributed by atoms with Crippen molar-refractivity contribution in [1.29, 1.82) is 0 Å². The molecule has 1 fully saturated rings. The molecule has 0 bridgehead atoms. The lowest BCUT2D eigenvalue weighted by Crippen LogP contribution is -2.31. The number of nitrogens with one attached hydrogen (secondary N) is 1. The Morgan fingerprint density at radius 2 is 2.47 bits per heavy atom. The molecule has 1 aliphatic rings. The summed E-state index contributed by atoms with van der Waals surface area (Å²) in [4.78, 5) is 2.31. The normalized spacial score (nSPS) is 20.1. The summed E-state index contributed by atoms with van der Waals surface area (Å²) in [5.41, 5.74) is 1.05. The third-order valence-corrected chi connectivity index (χ3v) is 3.75. The van der Waals surface area contributed by atoms with Gasteiger partial charge in [0, 0.05) is 37.3 Å². The van der Waals surface area contributed by atoms with E-state index < -0.39 is 0 Å². The predicted octanol–water partition coefficient (Wildman–Crippen LogP) is 1.58. The van der Waals surface area contributed by atoms with Crippen molar-refractivity contribution in [1.82, 2.24) is 14.5 Å². The van der Waals surface area contributed by atoms with E-state index in [2.05, 4.69) is 33.8 Å². The molecular weight excluding hydrogens is 236 g/mol. The van der Waals surface area contributed by atoms with E-state index in [4.69, 9.17) is 4.74 Å². The van der Waals surface area contributed by atoms with E-state index in [1.54, 1.807) is 0 Å². The molecule has 1 unspecified atom stereocenters. The highest BCUT2D eigenvalue weighted by atomic mass is 32.1. The Kier molecular flexibility index (Phi) is 4.70. The van der Waals surface area contributed by atoms with Gasteiger partial charge in [0.1, 0.15) is 10.7 Å². The van der Waals surface area contributed by atoms with E-state index in [0.29, 0.717) is 6.04 Å². The molecule has 0 aromatic carbocycles. The molecule has 1 aromatic heterocycles. The number of hydrogen-bond acceptors (Lipinski definition) is 6. The van der Waals surface area contributed by atoms with Crippen molar-refractivity contribution in [2.75, 3.05) is 32.1 Å². The smallest absolute Gasteiger partial charge is 0.134 e. The zero-order chi connectivity index (χ0) is 12.1. The number of likely N-dealkylation sites (N-methyl/N-ethyl adjacent to an activating group) is 1. The third kappa shape index (κ3) is 3.37. The maximum absolute atomic E-state index is 5.40. The van der Waals surface area contributed by atoms with Crippen molar-refractivity contribution in [3.05, 3.63) is 5.69 Å². The predicted molar refractivity (Wildman–Crippen MR) is 69.4 cm³/mol. The Labute approximate surface area is 106 Å². The summed E-state index contributed by atoms with van der Waals surface area (Å²) in [5, 5.41) is 8.69. The van der Waals surface area contributed by atoms with E-state index in [1.807, 2.05) is 0 Å². The molecule has 6 heteroatoms. The molecule has 17 heavy (non-hydrogen) atoms. The van der Waals surface area contributed by atoms with Gasteiger partial charge in [-0.05, 0) is 19.9 Å². The zero-order valence-corrected chi connectivity index (χ0v) is 11.3. The SMILES string of the molecule is CCCNc1snnc1CN(C)C1CCOC1. The van der Waals surface area contributed by atoms with Crippen LogP contribution in [0.25, 0.3) is 0 Å². The van der Waals surface area contributed by atoms with Gasteiger partial charge in [0.15, 0.2) is 0 Å². The number of nitrogens with zero attached hydrogens (tertiary/aromatic N) is 3. The van der Waals surface area contributed by atoms with Crippen molar-refractivity contribution in [3.63, 3.8) is 0 Å². The van der Waals surface area contributed by atoms with E-state index >= 15 is 0 Å². The van der Waals surface area contributed by atoms with Crippen LogP contribution in [-0.4, -0.2) is 47.3 Å². The summed E-state index contributed by atoms with van der Waals surface area (Å²) < 4.78 is 9.43. The second kappa shape index (κ2) is 6.28. The maximum Gasteiger partial charge on any atom is 0.134 e. The fourth-order valence-electron chi connectivity index (χ4n) is 1.92. The van der Waals surface area contributed by atoms with Crippen LogP contribution in [0.15, 0.2) is 0 Å². The molecule has 2 heterocycles. The lowest BCUT2D eigenvalue weighted by molar-refractivity contribution is 0.156. The zero-order valence-electron chi connectivity index (χ0n) is 10.5. The molecule has 1 saturated heterocycles. The standard InChI is InChI=1S/C11H20N4OS/c1-3-5-12-11-10(13-14-17-11)7-15(2)9-4-6-16-8-9/h9,12H,3-8H2,1-2H3. The lowest BCUT2D eigenvalue weighted by atomic mass is 10.2. The Balaban J connectivity index is 1.90. The molecule has 0 amide bonds. The van der Waals surface area contributed by atoms with Crippen molar-refractivity contribution < 1.29 is 4.74 Å². The highest BCUT2D eigenvalue weighted by Crippen LogP contribution is 2.21. The minimum absolute atomic E-state index is 0.524. The summed E-state index contributed by atoms with van der Waals surface area (Å²) in [7, 11) is 2.13. The summed E-state index contributed by atoms with van der Waals surface area (Å²) in [6.45, 7) is 5.70. The number of ether oxygens (including phenoxy) is 1. The van der Waals surface area contributed by atoms with E-state index in [0.717, 1.165) is 49.8 Å². The fourth-order valence-corrected chi connectivity index (χ4v) is 2.52. The van der Waals surface area contributed by atoms with Crippen LogP contribution in [-0.2, 0) is 11.3 Å². The van der Waals surface area contributed by atoms with Crippen LogP contribution in [0.2, 0.25) is 0 Å². The maximum atomic E-state index is 5.40. The summed E-state index contributed by atoms with van der Waals surface area (Å²) in [6, 6.07) is 0.524. The molecule has 2 rings (SSSR count). The molecule has 0 spiro atoms. The average Bonchev–Trinajstić information content (AvgIpc) is 2.97. The van der Waals surface area contributed by atoms with Crippen molar-refractivity contribution in [2.45, 2.75) is 32.4 Å². The molecule has 0 radical (unpaired) electrons. The van der Waals surface area contributed by atoms with E-state index in [1.165, 1.54) is 11.5 Å². The van der Waals surface area contributed by atoms with Crippen LogP contribution >= 0.6 is 11.5 Å². The number of hydrogen-bond donors (Lipinski definition) is 1. The molecule has 0 aliphatic carbocycles. The van der Waals surface area contributed by atoms with Gasteiger partial charge < -0.3 is 10.1 Å². The third-order valence-electron chi connectivity index (χ3n) is 3.02. The number of rotatable bonds is 6. The molecular formula is C11H20N4OS. The first-order valence-electron chi connectivity index (χ1n) is 6.14. The highest BCUT2D eigenvalue weighted by molar-refractivity contribution is 7.10. The number of aromatic nitrogens is 2. The number of anilines is 1. The first kappa shape index (κ1) is 12.7. The fraction of sp³-hybridized carbons (Fsp3) is 0.818. The van der Waals surface area contributed by atoms with Gasteiger partial charge in [-0.15, -0.1) is 5.10 Å². The van der Waals surface area contributed by atoms with Crippen molar-refractivity contribution in [2.24, 2.45) is 0 Å². The van der Waals surface area contributed by atoms with Gasteiger partial charge in [-0.3, -0.25) is 4.90 Å². The van der Waals surface area contributed by atoms with Crippen LogP contribution in [0.5, 0.6) is 0 Å². The Hall–Kier alpha value is -0.720. The largest absolute Gasteiger partial charge is 0.380 e. The summed E-state index contributed by atoms with van der Waals surface area (Å²) in [5.74, 6) is 0. The van der Waals surface area contributed by atoms with Crippen LogP contribution in [0.3, 0.4) is 0 Å². The minimum atomic E-state index is 0.524. The first-order valence-corrected chi connectivity index (χ1v) is 6.91. The van der Waals surface area contributed by atoms with Gasteiger partial charge in [-0.25, -0.2) is 0 Å². The Bertz CT molecular complexity index is 338. The van der Waals surface area contributed by atoms with Crippen molar-refractivity contribution >= 4 is 16.5 Å². The van der Waals surface area contributed by atoms with Crippen LogP contribution < -0.4 is 5.32 Å². The van der Waals surface area contributed by atoms with Gasteiger partial charge in [0.2, 0.25) is 0 Å². The highest BCUT2D eigenvalue weighted by Gasteiger charge is 2.22. The van der Waals surface area contributed by atoms with Crippen LogP contribution in [0, 0.1) is 0 Å². The molecule has 5 nitrogen and oxygen atoms in total. The van der Waals surface area contributed by atoms with Gasteiger partial charge >= 0.3 is 0 Å². The molecule has 96 valence electrons. The van der Waals surface area contributed by atoms with Gasteiger partial charge in [-0.1, -0.05) is 11.4 Å². The first-order chi connectivity index (χ1) is 8.31. The summed E-state index contributed by atoms with van der Waals surface area (Å²) >= 11 is 1.44. The Morgan fingerprint density at radius 1 is 1.59 bits per heavy atom. The minimum Gasteiger partial charge on any atom is -0.380 e. The van der Waals surface area contributed by atoms with Gasteiger partial charge in [0.05, 0.1) is 6.61 Å². The molecule has 1 aromatic rings. The molecule has 1 aliphatic heterocycles. The van der Waals surface area contributed by atoms with Crippen molar-refractivity contribution in [3.8, 4) is 0 Å². The molecule has 1 N–H and O–H groups in total. The van der Waals surface area contributed by atoms with E-state index in [9.17, 15) is 0 Å². The topological polar surface area (TPSA) is 50.3 Å². The molecule has 0 saturated carbocycles. The van der Waals surface area contributed by atoms with Gasteiger partial charge in [0.25, 0.3) is 0 Å². The molecule has 1 atom stereocenters. The van der Waals surface area contributed by atoms with Gasteiger partial charge in [-0.2, -0.15) is 0 Å². The monoisotopic (exact) mass is 256 g/mol.